The van der Waals surface area contributed by atoms with Crippen molar-refractivity contribution in [2.75, 3.05) is 6.54 Å². The Labute approximate surface area is 130 Å². The molecule has 2 saturated carbocycles. The molecule has 1 aromatic carbocycles. The van der Waals surface area contributed by atoms with Gasteiger partial charge < -0.3 is 0 Å². The van der Waals surface area contributed by atoms with Crippen LogP contribution in [0.1, 0.15) is 61.6 Å². The Balaban J connectivity index is 1.48. The number of rotatable bonds is 3. The normalized spacial score (nSPS) is 24.2. The van der Waals surface area contributed by atoms with Crippen LogP contribution in [0.3, 0.4) is 0 Å². The molecule has 2 heterocycles. The van der Waals surface area contributed by atoms with E-state index >= 15 is 0 Å². The lowest BCUT2D eigenvalue weighted by Crippen LogP contribution is -2.40. The molecule has 2 aliphatic carbocycles. The molecule has 1 atom stereocenters. The third-order valence-electron chi connectivity index (χ3n) is 5.65. The molecule has 1 aromatic heterocycles. The molecule has 0 bridgehead atoms. The van der Waals surface area contributed by atoms with Gasteiger partial charge in [-0.05, 0) is 54.2 Å². The number of benzene rings is 1. The molecule has 1 spiro atoms. The first-order valence-electron chi connectivity index (χ1n) is 8.37. The first-order valence-corrected chi connectivity index (χ1v) is 8.37. The average Bonchev–Trinajstić information content (AvgIpc) is 3.47. The van der Waals surface area contributed by atoms with Crippen molar-refractivity contribution < 1.29 is 0 Å². The van der Waals surface area contributed by atoms with Gasteiger partial charge in [-0.15, -0.1) is 5.10 Å². The highest BCUT2D eigenvalue weighted by Crippen LogP contribution is 2.53. The van der Waals surface area contributed by atoms with E-state index in [1.807, 2.05) is 0 Å². The summed E-state index contributed by atoms with van der Waals surface area (Å²) in [7, 11) is 0. The monoisotopic (exact) mass is 295 g/mol. The number of tetrazole rings is 1. The second-order valence-electron chi connectivity index (χ2n) is 7.23. The van der Waals surface area contributed by atoms with E-state index in [0.717, 1.165) is 18.9 Å². The van der Waals surface area contributed by atoms with Gasteiger partial charge in [0.15, 0.2) is 5.82 Å². The van der Waals surface area contributed by atoms with E-state index in [1.165, 1.54) is 31.2 Å². The minimum absolute atomic E-state index is 0.279. The summed E-state index contributed by atoms with van der Waals surface area (Å²) in [4.78, 5) is 2.57. The van der Waals surface area contributed by atoms with Crippen LogP contribution in [0, 0.1) is 0 Å². The molecule has 2 fully saturated rings. The van der Waals surface area contributed by atoms with Gasteiger partial charge in [-0.2, -0.15) is 0 Å². The van der Waals surface area contributed by atoms with Crippen LogP contribution in [0.25, 0.3) is 0 Å². The number of nitrogens with zero attached hydrogens (tertiary/aromatic N) is 5. The Morgan fingerprint density at radius 1 is 1.23 bits per heavy atom. The molecule has 5 nitrogen and oxygen atoms in total. The summed E-state index contributed by atoms with van der Waals surface area (Å²) in [5, 5.41) is 12.5. The standard InChI is InChI=1S/C17H21N5/c1-12(16-18-19-20-22(16)14-6-7-14)21-10-13-4-2-3-5-15(13)17(11-21)8-9-17/h2-5,12,14H,6-11H2,1H3. The van der Waals surface area contributed by atoms with Crippen molar-refractivity contribution in [2.24, 2.45) is 0 Å². The molecule has 3 aliphatic rings. The lowest BCUT2D eigenvalue weighted by atomic mass is 9.86. The molecule has 0 saturated heterocycles. The molecule has 114 valence electrons. The van der Waals surface area contributed by atoms with Crippen molar-refractivity contribution in [3.05, 3.63) is 41.2 Å². The van der Waals surface area contributed by atoms with E-state index in [9.17, 15) is 0 Å². The van der Waals surface area contributed by atoms with Crippen LogP contribution in [-0.4, -0.2) is 31.7 Å². The second-order valence-corrected chi connectivity index (χ2v) is 7.23. The Hall–Kier alpha value is -1.75. The fourth-order valence-corrected chi connectivity index (χ4v) is 3.99. The molecule has 1 unspecified atom stereocenters. The van der Waals surface area contributed by atoms with Gasteiger partial charge >= 0.3 is 0 Å². The van der Waals surface area contributed by atoms with Crippen molar-refractivity contribution in [3.8, 4) is 0 Å². The van der Waals surface area contributed by atoms with Gasteiger partial charge in [-0.1, -0.05) is 24.3 Å². The zero-order valence-electron chi connectivity index (χ0n) is 12.9. The average molecular weight is 295 g/mol. The van der Waals surface area contributed by atoms with E-state index in [0.29, 0.717) is 11.5 Å². The van der Waals surface area contributed by atoms with Gasteiger partial charge in [0, 0.05) is 18.5 Å². The van der Waals surface area contributed by atoms with Crippen molar-refractivity contribution in [2.45, 2.75) is 56.7 Å². The summed E-state index contributed by atoms with van der Waals surface area (Å²) in [5.74, 6) is 1.04. The molecule has 0 N–H and O–H groups in total. The third-order valence-corrected chi connectivity index (χ3v) is 5.65. The zero-order chi connectivity index (χ0) is 14.7. The first kappa shape index (κ1) is 12.8. The van der Waals surface area contributed by atoms with Crippen molar-refractivity contribution >= 4 is 0 Å². The highest BCUT2D eigenvalue weighted by Gasteiger charge is 2.50. The SMILES string of the molecule is CC(c1nnnn1C1CC1)N1Cc2ccccc2C2(CC2)C1. The lowest BCUT2D eigenvalue weighted by molar-refractivity contribution is 0.156. The van der Waals surface area contributed by atoms with Gasteiger partial charge in [0.25, 0.3) is 0 Å². The summed E-state index contributed by atoms with van der Waals surface area (Å²) in [6, 6.07) is 9.79. The molecular weight excluding hydrogens is 274 g/mol. The Morgan fingerprint density at radius 3 is 2.82 bits per heavy atom. The first-order chi connectivity index (χ1) is 10.8. The molecule has 0 amide bonds. The molecule has 2 aromatic rings. The fraction of sp³-hybridized carbons (Fsp3) is 0.588. The van der Waals surface area contributed by atoms with Crippen molar-refractivity contribution in [3.63, 3.8) is 0 Å². The summed E-state index contributed by atoms with van der Waals surface area (Å²) in [5.41, 5.74) is 3.48. The number of aromatic nitrogens is 4. The van der Waals surface area contributed by atoms with Crippen molar-refractivity contribution in [1.29, 1.82) is 0 Å². The van der Waals surface area contributed by atoms with Crippen LogP contribution in [0.5, 0.6) is 0 Å². The summed E-state index contributed by atoms with van der Waals surface area (Å²) >= 11 is 0. The predicted octanol–water partition coefficient (Wildman–Crippen LogP) is 2.62. The minimum atomic E-state index is 0.279. The lowest BCUT2D eigenvalue weighted by Gasteiger charge is -2.38. The van der Waals surface area contributed by atoms with Crippen LogP contribution >= 0.6 is 0 Å². The van der Waals surface area contributed by atoms with E-state index in [-0.39, 0.29) is 6.04 Å². The maximum atomic E-state index is 4.34. The molecule has 1 aliphatic heterocycles. The molecule has 5 heteroatoms. The predicted molar refractivity (Wildman–Crippen MR) is 82.3 cm³/mol. The summed E-state index contributed by atoms with van der Waals surface area (Å²) in [6.07, 6.45) is 5.08. The topological polar surface area (TPSA) is 46.8 Å². The number of hydrogen-bond acceptors (Lipinski definition) is 4. The van der Waals surface area contributed by atoms with Crippen molar-refractivity contribution in [1.82, 2.24) is 25.1 Å². The molecular formula is C17H21N5. The van der Waals surface area contributed by atoms with Gasteiger partial charge in [0.1, 0.15) is 0 Å². The van der Waals surface area contributed by atoms with E-state index in [1.54, 1.807) is 5.56 Å². The Bertz CT molecular complexity index is 713. The highest BCUT2D eigenvalue weighted by atomic mass is 15.6. The maximum Gasteiger partial charge on any atom is 0.168 e. The van der Waals surface area contributed by atoms with Crippen LogP contribution in [-0.2, 0) is 12.0 Å². The fourth-order valence-electron chi connectivity index (χ4n) is 3.99. The van der Waals surface area contributed by atoms with E-state index in [4.69, 9.17) is 0 Å². The highest BCUT2D eigenvalue weighted by molar-refractivity contribution is 5.41. The summed E-state index contributed by atoms with van der Waals surface area (Å²) in [6.45, 7) is 4.41. The largest absolute Gasteiger partial charge is 0.288 e. The Morgan fingerprint density at radius 2 is 2.05 bits per heavy atom. The summed E-state index contributed by atoms with van der Waals surface area (Å²) < 4.78 is 2.06. The second kappa shape index (κ2) is 4.38. The van der Waals surface area contributed by atoms with Gasteiger partial charge in [-0.25, -0.2) is 4.68 Å². The molecule has 22 heavy (non-hydrogen) atoms. The van der Waals surface area contributed by atoms with Gasteiger partial charge in [0.05, 0.1) is 12.1 Å². The van der Waals surface area contributed by atoms with Crippen LogP contribution in [0.4, 0.5) is 0 Å². The maximum absolute atomic E-state index is 4.34. The Kier molecular flexibility index (Phi) is 2.54. The van der Waals surface area contributed by atoms with Crippen LogP contribution in [0.15, 0.2) is 24.3 Å². The van der Waals surface area contributed by atoms with Crippen LogP contribution in [0.2, 0.25) is 0 Å². The smallest absolute Gasteiger partial charge is 0.168 e. The number of fused-ring (bicyclic) bond motifs is 2. The van der Waals surface area contributed by atoms with E-state index < -0.39 is 0 Å². The zero-order valence-corrected chi connectivity index (χ0v) is 12.9. The minimum Gasteiger partial charge on any atom is -0.288 e. The van der Waals surface area contributed by atoms with Crippen LogP contribution < -0.4 is 0 Å². The molecule has 0 radical (unpaired) electrons. The third kappa shape index (κ3) is 1.85. The number of hydrogen-bond donors (Lipinski definition) is 0. The molecule has 5 rings (SSSR count). The van der Waals surface area contributed by atoms with Gasteiger partial charge in [-0.3, -0.25) is 4.90 Å². The quantitative estimate of drug-likeness (QED) is 0.873. The van der Waals surface area contributed by atoms with E-state index in [2.05, 4.69) is 56.3 Å². The van der Waals surface area contributed by atoms with Gasteiger partial charge in [0.2, 0.25) is 0 Å².